The van der Waals surface area contributed by atoms with Crippen LogP contribution in [-0.2, 0) is 6.54 Å². The highest BCUT2D eigenvalue weighted by Gasteiger charge is 2.17. The van der Waals surface area contributed by atoms with E-state index in [2.05, 4.69) is 154 Å². The van der Waals surface area contributed by atoms with Gasteiger partial charge in [-0.05, 0) is 70.0 Å². The summed E-state index contributed by atoms with van der Waals surface area (Å²) >= 11 is 0. The minimum Gasteiger partial charge on any atom is -0.381 e. The molecule has 42 heavy (non-hydrogen) atoms. The largest absolute Gasteiger partial charge is 0.381 e. The molecule has 0 aliphatic heterocycles. The van der Waals surface area contributed by atoms with Crippen molar-refractivity contribution >= 4 is 38.7 Å². The monoisotopic (exact) mass is 549 g/mol. The lowest BCUT2D eigenvalue weighted by Gasteiger charge is -2.22. The quantitative estimate of drug-likeness (QED) is 0.198. The minimum absolute atomic E-state index is 0.406. The van der Waals surface area contributed by atoms with E-state index in [0.29, 0.717) is 18.4 Å². The van der Waals surface area contributed by atoms with Crippen LogP contribution in [-0.4, -0.2) is 4.98 Å². The lowest BCUT2D eigenvalue weighted by Crippen LogP contribution is -2.05. The van der Waals surface area contributed by atoms with Crippen molar-refractivity contribution in [2.24, 2.45) is 0 Å². The van der Waals surface area contributed by atoms with Crippen LogP contribution >= 0.6 is 0 Å². The highest BCUT2D eigenvalue weighted by molar-refractivity contribution is 6.00. The molecular weight excluding hydrogens is 510 g/mol. The van der Waals surface area contributed by atoms with Crippen molar-refractivity contribution in [3.05, 3.63) is 131 Å². The number of aryl methyl sites for hydroxylation is 1. The van der Waals surface area contributed by atoms with Crippen molar-refractivity contribution in [1.29, 1.82) is 0 Å². The molecule has 0 bridgehead atoms. The van der Waals surface area contributed by atoms with Crippen LogP contribution in [0, 0.1) is 6.92 Å². The summed E-state index contributed by atoms with van der Waals surface area (Å²) in [5.41, 5.74) is 11.6. The number of fused-ring (bicyclic) bond motifs is 2. The summed E-state index contributed by atoms with van der Waals surface area (Å²) in [5.74, 6) is 0.812. The minimum atomic E-state index is 0.406. The maximum absolute atomic E-state index is 5.38. The number of para-hydroxylation sites is 3. The van der Waals surface area contributed by atoms with E-state index in [0.717, 1.165) is 28.0 Å². The number of anilines is 3. The molecule has 0 saturated carbocycles. The second-order valence-corrected chi connectivity index (χ2v) is 11.8. The average molecular weight is 550 g/mol. The van der Waals surface area contributed by atoms with Gasteiger partial charge in [-0.25, -0.2) is 4.98 Å². The van der Waals surface area contributed by atoms with Gasteiger partial charge in [0, 0.05) is 28.9 Å². The van der Waals surface area contributed by atoms with Gasteiger partial charge in [0.1, 0.15) is 0 Å². The van der Waals surface area contributed by atoms with Crippen molar-refractivity contribution in [2.45, 2.75) is 53.0 Å². The van der Waals surface area contributed by atoms with Gasteiger partial charge in [-0.1, -0.05) is 119 Å². The molecule has 1 aromatic heterocycles. The first-order valence-corrected chi connectivity index (χ1v) is 15.0. The van der Waals surface area contributed by atoms with Crippen LogP contribution < -0.4 is 10.6 Å². The summed E-state index contributed by atoms with van der Waals surface area (Å²) in [6.45, 7) is 11.9. The van der Waals surface area contributed by atoms with E-state index in [4.69, 9.17) is 4.98 Å². The molecule has 3 heteroatoms. The molecule has 5 aromatic carbocycles. The third-order valence-corrected chi connectivity index (χ3v) is 8.24. The van der Waals surface area contributed by atoms with Crippen LogP contribution in [0.1, 0.15) is 61.8 Å². The molecule has 0 aliphatic rings. The van der Waals surface area contributed by atoms with Gasteiger partial charge in [-0.2, -0.15) is 0 Å². The molecule has 2 N–H and O–H groups in total. The van der Waals surface area contributed by atoms with Gasteiger partial charge < -0.3 is 10.6 Å². The summed E-state index contributed by atoms with van der Waals surface area (Å²) in [6, 6.07) is 39.0. The lowest BCUT2D eigenvalue weighted by molar-refractivity contribution is 0.838. The Morgan fingerprint density at radius 1 is 0.619 bits per heavy atom. The van der Waals surface area contributed by atoms with E-state index < -0.39 is 0 Å². The summed E-state index contributed by atoms with van der Waals surface area (Å²) in [5, 5.41) is 11.1. The number of benzene rings is 5. The summed E-state index contributed by atoms with van der Waals surface area (Å²) in [7, 11) is 0. The Bertz CT molecular complexity index is 1860. The second-order valence-electron chi connectivity index (χ2n) is 11.8. The number of hydrogen-bond donors (Lipinski definition) is 2. The first-order valence-electron chi connectivity index (χ1n) is 15.0. The molecule has 0 amide bonds. The third kappa shape index (κ3) is 5.35. The SMILES string of the molecule is Cc1ccccc1NCc1ccc2ccccc2c1-c1ccc2cccc(Nc3c(C(C)C)cccc3C(C)C)c2n1. The van der Waals surface area contributed by atoms with Crippen molar-refractivity contribution in [2.75, 3.05) is 10.6 Å². The fourth-order valence-electron chi connectivity index (χ4n) is 5.95. The number of hydrogen-bond acceptors (Lipinski definition) is 3. The van der Waals surface area contributed by atoms with Crippen molar-refractivity contribution in [3.8, 4) is 11.3 Å². The number of nitrogens with one attached hydrogen (secondary N) is 2. The van der Waals surface area contributed by atoms with Crippen LogP contribution in [0.2, 0.25) is 0 Å². The highest BCUT2D eigenvalue weighted by Crippen LogP contribution is 2.38. The molecule has 0 atom stereocenters. The fourth-order valence-corrected chi connectivity index (χ4v) is 5.95. The molecule has 0 fully saturated rings. The molecule has 1 heterocycles. The maximum atomic E-state index is 5.38. The van der Waals surface area contributed by atoms with Crippen LogP contribution in [0.4, 0.5) is 17.1 Å². The number of pyridine rings is 1. The van der Waals surface area contributed by atoms with Gasteiger partial charge in [0.05, 0.1) is 16.9 Å². The molecule has 0 unspecified atom stereocenters. The van der Waals surface area contributed by atoms with E-state index >= 15 is 0 Å². The Hall–Kier alpha value is -4.63. The molecule has 0 saturated heterocycles. The molecule has 6 aromatic rings. The van der Waals surface area contributed by atoms with E-state index in [1.165, 1.54) is 44.3 Å². The van der Waals surface area contributed by atoms with E-state index in [1.807, 2.05) is 0 Å². The first kappa shape index (κ1) is 27.5. The van der Waals surface area contributed by atoms with Crippen LogP contribution in [0.25, 0.3) is 32.9 Å². The zero-order valence-electron chi connectivity index (χ0n) is 25.2. The third-order valence-electron chi connectivity index (χ3n) is 8.24. The van der Waals surface area contributed by atoms with Crippen LogP contribution in [0.15, 0.2) is 109 Å². The topological polar surface area (TPSA) is 37.0 Å². The smallest absolute Gasteiger partial charge is 0.0944 e. The summed E-state index contributed by atoms with van der Waals surface area (Å²) in [4.78, 5) is 5.38. The molecule has 0 aliphatic carbocycles. The standard InChI is InChI=1S/C39H39N3/c1-25(2)31-16-11-17-32(26(3)4)39(31)42-36-19-10-14-29-22-23-35(41-38(29)36)37-30(21-20-28-13-7-8-15-33(28)37)24-40-34-18-9-6-12-27(34)5/h6-23,25-26,40,42H,24H2,1-5H3. The first-order chi connectivity index (χ1) is 20.4. The van der Waals surface area contributed by atoms with Gasteiger partial charge in [0.25, 0.3) is 0 Å². The predicted octanol–water partition coefficient (Wildman–Crippen LogP) is 11.0. The summed E-state index contributed by atoms with van der Waals surface area (Å²) < 4.78 is 0. The van der Waals surface area contributed by atoms with E-state index in [9.17, 15) is 0 Å². The maximum Gasteiger partial charge on any atom is 0.0944 e. The van der Waals surface area contributed by atoms with Gasteiger partial charge in [-0.15, -0.1) is 0 Å². The molecule has 6 rings (SSSR count). The fraction of sp³-hybridized carbons (Fsp3) is 0.205. The van der Waals surface area contributed by atoms with Gasteiger partial charge in [0.2, 0.25) is 0 Å². The highest BCUT2D eigenvalue weighted by atomic mass is 14.9. The van der Waals surface area contributed by atoms with Gasteiger partial charge in [-0.3, -0.25) is 0 Å². The molecule has 210 valence electrons. The Morgan fingerprint density at radius 2 is 1.26 bits per heavy atom. The van der Waals surface area contributed by atoms with E-state index in [-0.39, 0.29) is 0 Å². The van der Waals surface area contributed by atoms with Gasteiger partial charge in [0.15, 0.2) is 0 Å². The number of nitrogens with zero attached hydrogens (tertiary/aromatic N) is 1. The van der Waals surface area contributed by atoms with Crippen molar-refractivity contribution in [3.63, 3.8) is 0 Å². The second kappa shape index (κ2) is 11.7. The Labute approximate surface area is 249 Å². The van der Waals surface area contributed by atoms with Crippen molar-refractivity contribution in [1.82, 2.24) is 4.98 Å². The summed E-state index contributed by atoms with van der Waals surface area (Å²) in [6.07, 6.45) is 0. The van der Waals surface area contributed by atoms with E-state index in [1.54, 1.807) is 0 Å². The average Bonchev–Trinajstić information content (AvgIpc) is 3.00. The van der Waals surface area contributed by atoms with Gasteiger partial charge >= 0.3 is 0 Å². The molecular formula is C39H39N3. The molecule has 0 spiro atoms. The lowest BCUT2D eigenvalue weighted by atomic mass is 9.92. The van der Waals surface area contributed by atoms with Crippen LogP contribution in [0.5, 0.6) is 0 Å². The normalized spacial score (nSPS) is 11.5. The predicted molar refractivity (Wildman–Crippen MR) is 181 cm³/mol. The zero-order valence-corrected chi connectivity index (χ0v) is 25.2. The molecule has 0 radical (unpaired) electrons. The molecule has 3 nitrogen and oxygen atoms in total. The number of aromatic nitrogens is 1. The Kier molecular flexibility index (Phi) is 7.67. The number of rotatable bonds is 8. The zero-order chi connectivity index (χ0) is 29.2. The Morgan fingerprint density at radius 3 is 2.02 bits per heavy atom. The Balaban J connectivity index is 1.49. The van der Waals surface area contributed by atoms with Crippen molar-refractivity contribution < 1.29 is 0 Å². The van der Waals surface area contributed by atoms with Crippen LogP contribution in [0.3, 0.4) is 0 Å².